The van der Waals surface area contributed by atoms with E-state index in [0.717, 1.165) is 28.9 Å². The number of amides is 1. The highest BCUT2D eigenvalue weighted by molar-refractivity contribution is 9.09. The van der Waals surface area contributed by atoms with Crippen LogP contribution in [0.25, 0.3) is 0 Å². The summed E-state index contributed by atoms with van der Waals surface area (Å²) in [6, 6.07) is 4.89. The SMILES string of the molecule is CCC(Br)Cc1ccc2c(c1)CC(C)N2C(=O)C(F)(F)F. The van der Waals surface area contributed by atoms with Crippen molar-refractivity contribution in [1.29, 1.82) is 0 Å². The van der Waals surface area contributed by atoms with E-state index in [0.29, 0.717) is 16.9 Å². The second-order valence-electron chi connectivity index (χ2n) is 5.40. The summed E-state index contributed by atoms with van der Waals surface area (Å²) in [5.41, 5.74) is 2.27. The fraction of sp³-hybridized carbons (Fsp3) is 0.533. The Bertz CT molecular complexity index is 544. The third-order valence-electron chi connectivity index (χ3n) is 3.72. The molecule has 2 nitrogen and oxygen atoms in total. The average Bonchev–Trinajstić information content (AvgIpc) is 2.71. The highest BCUT2D eigenvalue weighted by Crippen LogP contribution is 2.36. The first kappa shape index (κ1) is 16.3. The smallest absolute Gasteiger partial charge is 0.301 e. The number of benzene rings is 1. The number of rotatable bonds is 3. The van der Waals surface area contributed by atoms with Crippen LogP contribution < -0.4 is 4.90 Å². The molecule has 0 saturated heterocycles. The summed E-state index contributed by atoms with van der Waals surface area (Å²) in [6.45, 7) is 3.71. The Morgan fingerprint density at radius 2 is 2.14 bits per heavy atom. The van der Waals surface area contributed by atoms with Crippen LogP contribution in [0.1, 0.15) is 31.4 Å². The standard InChI is InChI=1S/C15H17BrF3NO/c1-3-12(16)8-10-4-5-13-11(7-10)6-9(2)20(13)14(21)15(17,18)19/h4-5,7,9,12H,3,6,8H2,1-2H3. The zero-order chi connectivity index (χ0) is 15.8. The molecule has 1 amide bonds. The maximum Gasteiger partial charge on any atom is 0.471 e. The van der Waals surface area contributed by atoms with Gasteiger partial charge in [0.2, 0.25) is 0 Å². The monoisotopic (exact) mass is 363 g/mol. The van der Waals surface area contributed by atoms with Gasteiger partial charge in [0.25, 0.3) is 0 Å². The molecule has 0 spiro atoms. The van der Waals surface area contributed by atoms with Gasteiger partial charge in [-0.25, -0.2) is 0 Å². The van der Waals surface area contributed by atoms with E-state index in [4.69, 9.17) is 0 Å². The summed E-state index contributed by atoms with van der Waals surface area (Å²) in [5, 5.41) is 0. The summed E-state index contributed by atoms with van der Waals surface area (Å²) >= 11 is 3.55. The second kappa shape index (κ2) is 5.99. The zero-order valence-electron chi connectivity index (χ0n) is 11.9. The lowest BCUT2D eigenvalue weighted by Crippen LogP contribution is -2.44. The minimum atomic E-state index is -4.84. The third kappa shape index (κ3) is 3.42. The molecule has 0 aliphatic carbocycles. The van der Waals surface area contributed by atoms with Crippen molar-refractivity contribution < 1.29 is 18.0 Å². The number of hydrogen-bond donors (Lipinski definition) is 0. The summed E-state index contributed by atoms with van der Waals surface area (Å²) in [7, 11) is 0. The predicted octanol–water partition coefficient (Wildman–Crippen LogP) is 4.24. The van der Waals surface area contributed by atoms with E-state index in [-0.39, 0.29) is 0 Å². The Kier molecular flexibility index (Phi) is 4.66. The molecule has 1 heterocycles. The van der Waals surface area contributed by atoms with Crippen molar-refractivity contribution in [2.24, 2.45) is 0 Å². The van der Waals surface area contributed by atoms with Gasteiger partial charge >= 0.3 is 12.1 Å². The number of nitrogens with zero attached hydrogens (tertiary/aromatic N) is 1. The minimum absolute atomic E-state index is 0.349. The molecule has 0 saturated carbocycles. The molecule has 1 aromatic carbocycles. The fourth-order valence-electron chi connectivity index (χ4n) is 2.66. The Hall–Kier alpha value is -1.04. The van der Waals surface area contributed by atoms with Gasteiger partial charge in [-0.15, -0.1) is 0 Å². The van der Waals surface area contributed by atoms with Gasteiger partial charge < -0.3 is 4.90 Å². The third-order valence-corrected chi connectivity index (χ3v) is 4.69. The van der Waals surface area contributed by atoms with Crippen molar-refractivity contribution in [3.63, 3.8) is 0 Å². The van der Waals surface area contributed by atoms with Crippen LogP contribution in [-0.4, -0.2) is 23.0 Å². The quantitative estimate of drug-likeness (QED) is 0.735. The summed E-state index contributed by atoms with van der Waals surface area (Å²) in [4.78, 5) is 12.8. The Morgan fingerprint density at radius 1 is 1.48 bits per heavy atom. The predicted molar refractivity (Wildman–Crippen MR) is 79.9 cm³/mol. The van der Waals surface area contributed by atoms with Gasteiger partial charge in [-0.05, 0) is 43.4 Å². The normalized spacial score (nSPS) is 19.5. The van der Waals surface area contributed by atoms with Crippen molar-refractivity contribution in [3.05, 3.63) is 29.3 Å². The number of alkyl halides is 4. The number of hydrogen-bond acceptors (Lipinski definition) is 1. The largest absolute Gasteiger partial charge is 0.471 e. The summed E-state index contributed by atoms with van der Waals surface area (Å²) in [6.07, 6.45) is -2.57. The van der Waals surface area contributed by atoms with E-state index in [1.54, 1.807) is 19.1 Å². The molecule has 2 rings (SSSR count). The molecule has 6 heteroatoms. The van der Waals surface area contributed by atoms with Crippen LogP contribution in [-0.2, 0) is 17.6 Å². The lowest BCUT2D eigenvalue weighted by molar-refractivity contribution is -0.170. The highest BCUT2D eigenvalue weighted by Gasteiger charge is 2.46. The molecule has 1 aliphatic heterocycles. The zero-order valence-corrected chi connectivity index (χ0v) is 13.5. The maximum absolute atomic E-state index is 12.7. The minimum Gasteiger partial charge on any atom is -0.301 e. The molecule has 21 heavy (non-hydrogen) atoms. The molecular weight excluding hydrogens is 347 g/mol. The van der Waals surface area contributed by atoms with Crippen LogP contribution in [0.5, 0.6) is 0 Å². The van der Waals surface area contributed by atoms with Crippen molar-refractivity contribution >= 4 is 27.5 Å². The summed E-state index contributed by atoms with van der Waals surface area (Å²) < 4.78 is 38.0. The molecule has 0 radical (unpaired) electrons. The molecule has 1 aliphatic rings. The molecule has 116 valence electrons. The van der Waals surface area contributed by atoms with Crippen LogP contribution in [0.2, 0.25) is 0 Å². The van der Waals surface area contributed by atoms with Crippen LogP contribution in [0.15, 0.2) is 18.2 Å². The number of halogens is 4. The maximum atomic E-state index is 12.7. The Labute approximate surface area is 130 Å². The number of carbonyl (C=O) groups excluding carboxylic acids is 1. The van der Waals surface area contributed by atoms with Crippen LogP contribution in [0.4, 0.5) is 18.9 Å². The van der Waals surface area contributed by atoms with Gasteiger partial charge in [0, 0.05) is 16.6 Å². The molecular formula is C15H17BrF3NO. The van der Waals surface area contributed by atoms with E-state index >= 15 is 0 Å². The van der Waals surface area contributed by atoms with Crippen molar-refractivity contribution in [2.45, 2.75) is 50.2 Å². The van der Waals surface area contributed by atoms with Gasteiger partial charge in [0.1, 0.15) is 0 Å². The first-order valence-electron chi connectivity index (χ1n) is 6.90. The van der Waals surface area contributed by atoms with E-state index in [2.05, 4.69) is 22.9 Å². The van der Waals surface area contributed by atoms with E-state index < -0.39 is 18.1 Å². The Balaban J connectivity index is 2.28. The van der Waals surface area contributed by atoms with Gasteiger partial charge in [-0.2, -0.15) is 13.2 Å². The first-order valence-corrected chi connectivity index (χ1v) is 7.81. The fourth-order valence-corrected chi connectivity index (χ4v) is 3.03. The molecule has 0 fully saturated rings. The van der Waals surface area contributed by atoms with Gasteiger partial charge in [-0.3, -0.25) is 4.79 Å². The van der Waals surface area contributed by atoms with E-state index in [1.807, 2.05) is 6.07 Å². The molecule has 0 aromatic heterocycles. The summed E-state index contributed by atoms with van der Waals surface area (Å²) in [5.74, 6) is -1.78. The molecule has 1 aromatic rings. The van der Waals surface area contributed by atoms with Crippen LogP contribution >= 0.6 is 15.9 Å². The highest BCUT2D eigenvalue weighted by atomic mass is 79.9. The van der Waals surface area contributed by atoms with Crippen molar-refractivity contribution in [2.75, 3.05) is 4.90 Å². The van der Waals surface area contributed by atoms with Crippen LogP contribution in [0.3, 0.4) is 0 Å². The van der Waals surface area contributed by atoms with Crippen molar-refractivity contribution in [1.82, 2.24) is 0 Å². The molecule has 2 unspecified atom stereocenters. The van der Waals surface area contributed by atoms with E-state index in [9.17, 15) is 18.0 Å². The lowest BCUT2D eigenvalue weighted by Gasteiger charge is -2.23. The number of carbonyl (C=O) groups is 1. The van der Waals surface area contributed by atoms with Crippen molar-refractivity contribution in [3.8, 4) is 0 Å². The Morgan fingerprint density at radius 3 is 2.71 bits per heavy atom. The molecule has 0 bridgehead atoms. The van der Waals surface area contributed by atoms with Gasteiger partial charge in [-0.1, -0.05) is 35.0 Å². The number of anilines is 1. The topological polar surface area (TPSA) is 20.3 Å². The number of fused-ring (bicyclic) bond motifs is 1. The van der Waals surface area contributed by atoms with Crippen LogP contribution in [0, 0.1) is 0 Å². The molecule has 2 atom stereocenters. The van der Waals surface area contributed by atoms with E-state index in [1.165, 1.54) is 0 Å². The second-order valence-corrected chi connectivity index (χ2v) is 6.69. The van der Waals surface area contributed by atoms with Gasteiger partial charge in [0.05, 0.1) is 0 Å². The molecule has 0 N–H and O–H groups in total. The van der Waals surface area contributed by atoms with Gasteiger partial charge in [0.15, 0.2) is 0 Å². The first-order chi connectivity index (χ1) is 9.74. The average molecular weight is 364 g/mol. The lowest BCUT2D eigenvalue weighted by atomic mass is 10.0.